The highest BCUT2D eigenvalue weighted by atomic mass is 19.1. The number of nitrogens with zero attached hydrogens (tertiary/aromatic N) is 2. The van der Waals surface area contributed by atoms with E-state index in [1.165, 1.54) is 12.1 Å². The molecule has 3 aliphatic rings. The van der Waals surface area contributed by atoms with Gasteiger partial charge in [-0.2, -0.15) is 0 Å². The van der Waals surface area contributed by atoms with Crippen LogP contribution in [0, 0.1) is 5.82 Å². The summed E-state index contributed by atoms with van der Waals surface area (Å²) in [5, 5.41) is 0. The number of benzene rings is 3. The maximum Gasteiger partial charge on any atom is 0.261 e. The molecular weight excluding hydrogens is 487 g/mol. The van der Waals surface area contributed by atoms with Gasteiger partial charge in [0, 0.05) is 17.3 Å². The van der Waals surface area contributed by atoms with Crippen LogP contribution in [-0.2, 0) is 6.54 Å². The van der Waals surface area contributed by atoms with Crippen molar-refractivity contribution in [1.29, 1.82) is 0 Å². The summed E-state index contributed by atoms with van der Waals surface area (Å²) in [6.07, 6.45) is 4.43. The summed E-state index contributed by atoms with van der Waals surface area (Å²) in [4.78, 5) is 42.0. The molecule has 0 radical (unpaired) electrons. The normalized spacial score (nSPS) is 18.8. The molecule has 3 aromatic carbocycles. The van der Waals surface area contributed by atoms with E-state index in [2.05, 4.69) is 0 Å². The Morgan fingerprint density at radius 3 is 2.37 bits per heavy atom. The Balaban J connectivity index is 1.26. The molecule has 2 heterocycles. The molecule has 1 fully saturated rings. The summed E-state index contributed by atoms with van der Waals surface area (Å²) < 4.78 is 25.4. The third kappa shape index (κ3) is 3.91. The summed E-state index contributed by atoms with van der Waals surface area (Å²) in [5.41, 5.74) is 2.97. The molecule has 0 bridgehead atoms. The van der Waals surface area contributed by atoms with Crippen molar-refractivity contribution in [3.8, 4) is 11.5 Å². The van der Waals surface area contributed by atoms with E-state index in [9.17, 15) is 18.8 Å². The van der Waals surface area contributed by atoms with Gasteiger partial charge in [-0.25, -0.2) is 4.39 Å². The predicted octanol–water partition coefficient (Wildman–Crippen LogP) is 5.67. The highest BCUT2D eigenvalue weighted by Crippen LogP contribution is 2.42. The molecule has 1 atom stereocenters. The molecule has 1 saturated carbocycles. The summed E-state index contributed by atoms with van der Waals surface area (Å²) in [7, 11) is 1.60. The quantitative estimate of drug-likeness (QED) is 0.396. The van der Waals surface area contributed by atoms with Crippen molar-refractivity contribution in [2.45, 2.75) is 51.3 Å². The van der Waals surface area contributed by atoms with Crippen molar-refractivity contribution in [3.05, 3.63) is 88.2 Å². The van der Waals surface area contributed by atoms with E-state index in [-0.39, 0.29) is 35.7 Å². The number of fused-ring (bicyclic) bond motifs is 2. The van der Waals surface area contributed by atoms with E-state index in [1.54, 1.807) is 18.1 Å². The number of carbonyl (C=O) groups is 3. The molecule has 0 spiro atoms. The van der Waals surface area contributed by atoms with Gasteiger partial charge in [0.05, 0.1) is 36.9 Å². The maximum absolute atomic E-state index is 13.7. The van der Waals surface area contributed by atoms with Crippen molar-refractivity contribution in [3.63, 3.8) is 0 Å². The number of rotatable bonds is 6. The zero-order chi connectivity index (χ0) is 26.6. The van der Waals surface area contributed by atoms with Gasteiger partial charge in [-0.15, -0.1) is 0 Å². The highest BCUT2D eigenvalue weighted by Gasteiger charge is 2.38. The van der Waals surface area contributed by atoms with Crippen LogP contribution in [0.4, 0.5) is 10.1 Å². The van der Waals surface area contributed by atoms with E-state index in [0.29, 0.717) is 28.3 Å². The van der Waals surface area contributed by atoms with Crippen molar-refractivity contribution in [2.24, 2.45) is 0 Å². The molecule has 2 aliphatic heterocycles. The van der Waals surface area contributed by atoms with Crippen LogP contribution in [0.15, 0.2) is 54.6 Å². The number of amides is 3. The molecule has 0 saturated heterocycles. The maximum atomic E-state index is 13.7. The van der Waals surface area contributed by atoms with Crippen LogP contribution in [0.5, 0.6) is 11.5 Å². The topological polar surface area (TPSA) is 76.2 Å². The van der Waals surface area contributed by atoms with Crippen LogP contribution in [0.2, 0.25) is 0 Å². The van der Waals surface area contributed by atoms with Crippen LogP contribution >= 0.6 is 0 Å². The third-order valence-corrected chi connectivity index (χ3v) is 7.70. The molecule has 8 heteroatoms. The molecule has 1 aliphatic carbocycles. The number of anilines is 1. The molecule has 38 heavy (non-hydrogen) atoms. The number of halogens is 1. The van der Waals surface area contributed by atoms with E-state index >= 15 is 0 Å². The van der Waals surface area contributed by atoms with E-state index < -0.39 is 17.6 Å². The lowest BCUT2D eigenvalue weighted by atomic mass is 10.0. The van der Waals surface area contributed by atoms with E-state index in [4.69, 9.17) is 9.47 Å². The van der Waals surface area contributed by atoms with Gasteiger partial charge in [0.1, 0.15) is 5.82 Å². The molecule has 3 amide bonds. The van der Waals surface area contributed by atoms with Gasteiger partial charge in [-0.3, -0.25) is 19.3 Å². The van der Waals surface area contributed by atoms with Crippen LogP contribution in [-0.4, -0.2) is 35.8 Å². The summed E-state index contributed by atoms with van der Waals surface area (Å²) in [5.74, 6) is -0.509. The highest BCUT2D eigenvalue weighted by molar-refractivity contribution is 6.21. The zero-order valence-corrected chi connectivity index (χ0v) is 21.2. The van der Waals surface area contributed by atoms with Gasteiger partial charge in [0.2, 0.25) is 0 Å². The second kappa shape index (κ2) is 9.28. The fourth-order valence-corrected chi connectivity index (χ4v) is 5.72. The monoisotopic (exact) mass is 514 g/mol. The lowest BCUT2D eigenvalue weighted by Gasteiger charge is -2.24. The first-order valence-electron chi connectivity index (χ1n) is 12.8. The first-order chi connectivity index (χ1) is 18.4. The van der Waals surface area contributed by atoms with Gasteiger partial charge in [-0.05, 0) is 80.1 Å². The van der Waals surface area contributed by atoms with Gasteiger partial charge < -0.3 is 14.4 Å². The predicted molar refractivity (Wildman–Crippen MR) is 138 cm³/mol. The molecule has 0 aromatic heterocycles. The summed E-state index contributed by atoms with van der Waals surface area (Å²) in [6, 6.07) is 14.3. The van der Waals surface area contributed by atoms with Crippen LogP contribution in [0.1, 0.15) is 80.8 Å². The minimum atomic E-state index is -0.570. The molecule has 1 unspecified atom stereocenters. The van der Waals surface area contributed by atoms with Gasteiger partial charge in [0.25, 0.3) is 17.7 Å². The Hall–Kier alpha value is -4.20. The minimum absolute atomic E-state index is 0.00911. The largest absolute Gasteiger partial charge is 0.493 e. The average molecular weight is 515 g/mol. The second-order valence-corrected chi connectivity index (χ2v) is 10.0. The Morgan fingerprint density at radius 2 is 1.61 bits per heavy atom. The SMILES string of the molecule is COc1ccc(N2C(=O)c3cc(CN4C(=O)c5ccc(F)cc5C4=O)ccc3C2C)cc1OC1CCCC1. The van der Waals surface area contributed by atoms with Crippen LogP contribution in [0.25, 0.3) is 0 Å². The fraction of sp³-hybridized carbons (Fsp3) is 0.300. The number of ether oxygens (including phenoxy) is 2. The summed E-state index contributed by atoms with van der Waals surface area (Å²) >= 11 is 0. The Kier molecular flexibility index (Phi) is 5.90. The molecular formula is C30H27FN2O5. The standard InChI is InChI=1S/C30H27FN2O5/c1-17-22-10-7-18(16-32-28(34)23-11-8-19(31)14-25(23)29(32)35)13-24(22)30(36)33(17)20-9-12-26(37-2)27(15-20)38-21-5-3-4-6-21/h7-15,17,21H,3-6,16H2,1-2H3. The first kappa shape index (κ1) is 24.2. The third-order valence-electron chi connectivity index (χ3n) is 7.70. The smallest absolute Gasteiger partial charge is 0.261 e. The molecule has 7 nitrogen and oxygen atoms in total. The Labute approximate surface area is 219 Å². The minimum Gasteiger partial charge on any atom is -0.493 e. The van der Waals surface area contributed by atoms with Crippen LogP contribution in [0.3, 0.4) is 0 Å². The fourth-order valence-electron chi connectivity index (χ4n) is 5.72. The second-order valence-electron chi connectivity index (χ2n) is 10.0. The molecule has 6 rings (SSSR count). The van der Waals surface area contributed by atoms with E-state index in [0.717, 1.165) is 42.2 Å². The zero-order valence-electron chi connectivity index (χ0n) is 21.2. The molecule has 194 valence electrons. The number of hydrogen-bond acceptors (Lipinski definition) is 5. The van der Waals surface area contributed by atoms with Gasteiger partial charge in [0.15, 0.2) is 11.5 Å². The van der Waals surface area contributed by atoms with Crippen LogP contribution < -0.4 is 14.4 Å². The lowest BCUT2D eigenvalue weighted by molar-refractivity contribution is 0.0642. The number of carbonyl (C=O) groups excluding carboxylic acids is 3. The number of methoxy groups -OCH3 is 1. The Bertz CT molecular complexity index is 1480. The number of hydrogen-bond donors (Lipinski definition) is 0. The molecule has 0 N–H and O–H groups in total. The summed E-state index contributed by atoms with van der Waals surface area (Å²) in [6.45, 7) is 1.95. The number of imide groups is 1. The molecule has 3 aromatic rings. The van der Waals surface area contributed by atoms with Crippen molar-refractivity contribution < 1.29 is 28.2 Å². The van der Waals surface area contributed by atoms with Gasteiger partial charge >= 0.3 is 0 Å². The van der Waals surface area contributed by atoms with Crippen molar-refractivity contribution in [1.82, 2.24) is 4.90 Å². The van der Waals surface area contributed by atoms with E-state index in [1.807, 2.05) is 37.3 Å². The lowest BCUT2D eigenvalue weighted by Crippen LogP contribution is -2.29. The van der Waals surface area contributed by atoms with Crippen molar-refractivity contribution >= 4 is 23.4 Å². The van der Waals surface area contributed by atoms with Gasteiger partial charge in [-0.1, -0.05) is 12.1 Å². The Morgan fingerprint density at radius 1 is 0.842 bits per heavy atom. The van der Waals surface area contributed by atoms with Crippen molar-refractivity contribution in [2.75, 3.05) is 12.0 Å². The average Bonchev–Trinajstić information content (AvgIpc) is 3.57. The first-order valence-corrected chi connectivity index (χ1v) is 12.8.